The molecule has 0 aromatic heterocycles. The van der Waals surface area contributed by atoms with Gasteiger partial charge in [0.2, 0.25) is 5.91 Å². The van der Waals surface area contributed by atoms with Crippen LogP contribution in [0.25, 0.3) is 0 Å². The van der Waals surface area contributed by atoms with Crippen LogP contribution in [-0.4, -0.2) is 41.4 Å². The molecule has 0 atom stereocenters. The lowest BCUT2D eigenvalue weighted by Gasteiger charge is -2.23. The highest BCUT2D eigenvalue weighted by atomic mass is 32.2. The maximum Gasteiger partial charge on any atom is 0.319 e. The number of rotatable bonds is 4. The molecule has 120 valence electrons. The van der Waals surface area contributed by atoms with E-state index in [1.807, 2.05) is 36.0 Å². The maximum absolute atomic E-state index is 12.1. The summed E-state index contributed by atoms with van der Waals surface area (Å²) in [5.41, 5.74) is 1.67. The number of hydrogen-bond donors (Lipinski definition) is 2. The molecule has 5 nitrogen and oxygen atoms in total. The van der Waals surface area contributed by atoms with E-state index >= 15 is 0 Å². The van der Waals surface area contributed by atoms with E-state index in [1.54, 1.807) is 11.9 Å². The molecule has 2 rings (SSSR count). The molecule has 1 aromatic rings. The van der Waals surface area contributed by atoms with E-state index in [1.165, 1.54) is 6.92 Å². The van der Waals surface area contributed by atoms with Gasteiger partial charge in [0.15, 0.2) is 0 Å². The predicted octanol–water partition coefficient (Wildman–Crippen LogP) is 2.68. The molecule has 0 saturated carbocycles. The number of thioether (sulfide) groups is 1. The molecule has 1 aliphatic rings. The average Bonchev–Trinajstić information content (AvgIpc) is 2.50. The first-order valence-electron chi connectivity index (χ1n) is 7.51. The molecular formula is C16H23N3O2S. The van der Waals surface area contributed by atoms with Crippen LogP contribution in [0, 0.1) is 0 Å². The van der Waals surface area contributed by atoms with Gasteiger partial charge in [-0.2, -0.15) is 11.8 Å². The van der Waals surface area contributed by atoms with Crippen LogP contribution in [0.2, 0.25) is 0 Å². The van der Waals surface area contributed by atoms with Gasteiger partial charge in [-0.1, -0.05) is 18.2 Å². The van der Waals surface area contributed by atoms with Crippen molar-refractivity contribution in [1.82, 2.24) is 10.2 Å². The Morgan fingerprint density at radius 3 is 2.64 bits per heavy atom. The van der Waals surface area contributed by atoms with Crippen molar-refractivity contribution < 1.29 is 9.59 Å². The van der Waals surface area contributed by atoms with Gasteiger partial charge >= 0.3 is 6.03 Å². The summed E-state index contributed by atoms with van der Waals surface area (Å²) < 4.78 is 0. The van der Waals surface area contributed by atoms with Crippen molar-refractivity contribution in [3.63, 3.8) is 0 Å². The van der Waals surface area contributed by atoms with Crippen LogP contribution in [0.15, 0.2) is 24.3 Å². The third-order valence-corrected chi connectivity index (χ3v) is 4.82. The summed E-state index contributed by atoms with van der Waals surface area (Å²) in [7, 11) is 1.75. The first-order valence-corrected chi connectivity index (χ1v) is 8.66. The Balaban J connectivity index is 1.96. The van der Waals surface area contributed by atoms with Gasteiger partial charge in [0.25, 0.3) is 0 Å². The topological polar surface area (TPSA) is 61.4 Å². The number of nitrogens with zero attached hydrogens (tertiary/aromatic N) is 1. The normalized spacial score (nSPS) is 15.2. The van der Waals surface area contributed by atoms with Crippen molar-refractivity contribution in [3.8, 4) is 0 Å². The van der Waals surface area contributed by atoms with Gasteiger partial charge in [-0.05, 0) is 36.0 Å². The summed E-state index contributed by atoms with van der Waals surface area (Å²) in [6, 6.07) is 7.66. The minimum atomic E-state index is -0.171. The van der Waals surface area contributed by atoms with Gasteiger partial charge in [-0.25, -0.2) is 4.79 Å². The summed E-state index contributed by atoms with van der Waals surface area (Å²) in [5, 5.41) is 5.93. The number of nitrogens with one attached hydrogen (secondary N) is 2. The highest BCUT2D eigenvalue weighted by molar-refractivity contribution is 7.99. The summed E-state index contributed by atoms with van der Waals surface area (Å²) in [6.07, 6.45) is 2.04. The maximum atomic E-state index is 12.1. The number of carbonyl (C=O) groups excluding carboxylic acids is 2. The number of amides is 3. The Hall–Kier alpha value is -1.69. The molecule has 2 N–H and O–H groups in total. The number of benzene rings is 1. The molecule has 0 unspecified atom stereocenters. The Morgan fingerprint density at radius 2 is 1.95 bits per heavy atom. The second-order valence-corrected chi connectivity index (χ2v) is 6.74. The number of hydrogen-bond acceptors (Lipinski definition) is 3. The van der Waals surface area contributed by atoms with Crippen molar-refractivity contribution in [2.24, 2.45) is 0 Å². The smallest absolute Gasteiger partial charge is 0.319 e. The molecule has 6 heteroatoms. The lowest BCUT2D eigenvalue weighted by molar-refractivity contribution is -0.128. The van der Waals surface area contributed by atoms with Crippen LogP contribution < -0.4 is 10.6 Å². The van der Waals surface area contributed by atoms with Crippen LogP contribution in [0.1, 0.15) is 25.3 Å². The van der Waals surface area contributed by atoms with Crippen LogP contribution in [0.3, 0.4) is 0 Å². The van der Waals surface area contributed by atoms with Gasteiger partial charge in [-0.15, -0.1) is 0 Å². The van der Waals surface area contributed by atoms with Gasteiger partial charge < -0.3 is 15.5 Å². The second kappa shape index (κ2) is 8.08. The highest BCUT2D eigenvalue weighted by Gasteiger charge is 2.16. The van der Waals surface area contributed by atoms with Crippen molar-refractivity contribution in [1.29, 1.82) is 0 Å². The summed E-state index contributed by atoms with van der Waals surface area (Å²) >= 11 is 1.93. The van der Waals surface area contributed by atoms with Gasteiger partial charge in [0, 0.05) is 32.2 Å². The standard InChI is InChI=1S/C16H23N3O2S/c1-12(20)19(2)11-13-5-3-4-6-15(13)18-16(21)17-14-7-9-22-10-8-14/h3-6,14H,7-11H2,1-2H3,(H2,17,18,21). The van der Waals surface area contributed by atoms with Crippen LogP contribution in [0.4, 0.5) is 10.5 Å². The summed E-state index contributed by atoms with van der Waals surface area (Å²) in [4.78, 5) is 25.1. The fraction of sp³-hybridized carbons (Fsp3) is 0.500. The fourth-order valence-electron chi connectivity index (χ4n) is 2.33. The van der Waals surface area contributed by atoms with Crippen LogP contribution in [-0.2, 0) is 11.3 Å². The Labute approximate surface area is 135 Å². The van der Waals surface area contributed by atoms with E-state index < -0.39 is 0 Å². The fourth-order valence-corrected chi connectivity index (χ4v) is 3.44. The third kappa shape index (κ3) is 4.94. The van der Waals surface area contributed by atoms with Crippen LogP contribution >= 0.6 is 11.8 Å². The first kappa shape index (κ1) is 16.7. The lowest BCUT2D eigenvalue weighted by Crippen LogP contribution is -2.40. The largest absolute Gasteiger partial charge is 0.342 e. The molecule has 0 bridgehead atoms. The van der Waals surface area contributed by atoms with E-state index in [0.717, 1.165) is 35.6 Å². The third-order valence-electron chi connectivity index (χ3n) is 3.77. The SMILES string of the molecule is CC(=O)N(C)Cc1ccccc1NC(=O)NC1CCSCC1. The lowest BCUT2D eigenvalue weighted by atomic mass is 10.1. The van der Waals surface area contributed by atoms with Crippen molar-refractivity contribution in [2.75, 3.05) is 23.9 Å². The Bertz CT molecular complexity index is 530. The van der Waals surface area contributed by atoms with Gasteiger partial charge in [-0.3, -0.25) is 4.79 Å². The highest BCUT2D eigenvalue weighted by Crippen LogP contribution is 2.19. The molecule has 3 amide bonds. The molecule has 0 spiro atoms. The minimum absolute atomic E-state index is 0.000963. The molecule has 1 fully saturated rings. The van der Waals surface area contributed by atoms with E-state index in [-0.39, 0.29) is 18.0 Å². The van der Waals surface area contributed by atoms with Crippen molar-refractivity contribution in [2.45, 2.75) is 32.4 Å². The average molecular weight is 321 g/mol. The number of anilines is 1. The molecule has 0 radical (unpaired) electrons. The Morgan fingerprint density at radius 1 is 1.27 bits per heavy atom. The van der Waals surface area contributed by atoms with Crippen molar-refractivity contribution in [3.05, 3.63) is 29.8 Å². The number of carbonyl (C=O) groups is 2. The van der Waals surface area contributed by atoms with Crippen LogP contribution in [0.5, 0.6) is 0 Å². The van der Waals surface area contributed by atoms with E-state index in [2.05, 4.69) is 10.6 Å². The van der Waals surface area contributed by atoms with Gasteiger partial charge in [0.05, 0.1) is 0 Å². The quantitative estimate of drug-likeness (QED) is 0.896. The Kier molecular flexibility index (Phi) is 6.12. The monoisotopic (exact) mass is 321 g/mol. The molecule has 1 heterocycles. The molecule has 22 heavy (non-hydrogen) atoms. The van der Waals surface area contributed by atoms with E-state index in [9.17, 15) is 9.59 Å². The molecule has 0 aliphatic carbocycles. The zero-order valence-corrected chi connectivity index (χ0v) is 13.9. The molecule has 1 saturated heterocycles. The van der Waals surface area contributed by atoms with Gasteiger partial charge in [0.1, 0.15) is 0 Å². The zero-order chi connectivity index (χ0) is 15.9. The minimum Gasteiger partial charge on any atom is -0.342 e. The zero-order valence-electron chi connectivity index (χ0n) is 13.1. The second-order valence-electron chi connectivity index (χ2n) is 5.52. The molecule has 1 aromatic carbocycles. The van der Waals surface area contributed by atoms with E-state index in [4.69, 9.17) is 0 Å². The molecule has 1 aliphatic heterocycles. The first-order chi connectivity index (χ1) is 10.6. The molecular weight excluding hydrogens is 298 g/mol. The van der Waals surface area contributed by atoms with Crippen molar-refractivity contribution >= 4 is 29.4 Å². The number of urea groups is 1. The summed E-state index contributed by atoms with van der Waals surface area (Å²) in [5.74, 6) is 2.20. The number of para-hydroxylation sites is 1. The summed E-state index contributed by atoms with van der Waals surface area (Å²) in [6.45, 7) is 2.01. The predicted molar refractivity (Wildman–Crippen MR) is 91.1 cm³/mol. The van der Waals surface area contributed by atoms with E-state index in [0.29, 0.717) is 6.54 Å².